The minimum absolute atomic E-state index is 0.00484. The largest absolute Gasteiger partial charge is 0.329 e. The van der Waals surface area contributed by atoms with E-state index in [2.05, 4.69) is 10.3 Å². The molecule has 0 bridgehead atoms. The summed E-state index contributed by atoms with van der Waals surface area (Å²) in [4.78, 5) is 32.7. The number of thiazole rings is 1. The van der Waals surface area contributed by atoms with Gasteiger partial charge in [-0.05, 0) is 43.0 Å². The van der Waals surface area contributed by atoms with Crippen molar-refractivity contribution >= 4 is 28.3 Å². The van der Waals surface area contributed by atoms with Gasteiger partial charge in [0.2, 0.25) is 5.91 Å². The molecule has 3 aromatic rings. The summed E-state index contributed by atoms with van der Waals surface area (Å²) in [6.07, 6.45) is 0. The SMILES string of the molecule is Cc1nc(NC(=O)CN(CC(C)C)C(=O)c2ccc(-c3ccccc3)cc2)sc1C. The van der Waals surface area contributed by atoms with Crippen LogP contribution in [0, 0.1) is 19.8 Å². The summed E-state index contributed by atoms with van der Waals surface area (Å²) in [6.45, 7) is 8.44. The van der Waals surface area contributed by atoms with Crippen molar-refractivity contribution in [3.8, 4) is 11.1 Å². The average Bonchev–Trinajstić information content (AvgIpc) is 3.04. The lowest BCUT2D eigenvalue weighted by Gasteiger charge is -2.24. The molecule has 0 atom stereocenters. The van der Waals surface area contributed by atoms with Crippen LogP contribution in [-0.2, 0) is 4.79 Å². The summed E-state index contributed by atoms with van der Waals surface area (Å²) >= 11 is 1.44. The Balaban J connectivity index is 1.72. The molecule has 0 aliphatic rings. The molecule has 0 aliphatic heterocycles. The maximum atomic E-state index is 13.1. The van der Waals surface area contributed by atoms with E-state index in [0.29, 0.717) is 17.2 Å². The molecule has 0 saturated carbocycles. The molecule has 0 fully saturated rings. The van der Waals surface area contributed by atoms with E-state index in [9.17, 15) is 9.59 Å². The second-order valence-corrected chi connectivity index (χ2v) is 8.93. The van der Waals surface area contributed by atoms with Crippen molar-refractivity contribution in [2.45, 2.75) is 27.7 Å². The lowest BCUT2D eigenvalue weighted by Crippen LogP contribution is -2.40. The third-order valence-electron chi connectivity index (χ3n) is 4.72. The topological polar surface area (TPSA) is 62.3 Å². The van der Waals surface area contributed by atoms with Crippen LogP contribution in [0.15, 0.2) is 54.6 Å². The van der Waals surface area contributed by atoms with Gasteiger partial charge >= 0.3 is 0 Å². The highest BCUT2D eigenvalue weighted by molar-refractivity contribution is 7.15. The zero-order valence-electron chi connectivity index (χ0n) is 17.8. The van der Waals surface area contributed by atoms with Crippen molar-refractivity contribution in [2.75, 3.05) is 18.4 Å². The number of carbonyl (C=O) groups is 2. The van der Waals surface area contributed by atoms with Crippen LogP contribution in [0.3, 0.4) is 0 Å². The highest BCUT2D eigenvalue weighted by Gasteiger charge is 2.21. The van der Waals surface area contributed by atoms with Crippen molar-refractivity contribution in [3.05, 3.63) is 70.7 Å². The summed E-state index contributed by atoms with van der Waals surface area (Å²) in [7, 11) is 0. The Labute approximate surface area is 181 Å². The number of aromatic nitrogens is 1. The lowest BCUT2D eigenvalue weighted by atomic mass is 10.0. The number of aryl methyl sites for hydroxylation is 2. The smallest absolute Gasteiger partial charge is 0.254 e. The van der Waals surface area contributed by atoms with Crippen molar-refractivity contribution < 1.29 is 9.59 Å². The molecule has 1 heterocycles. The second-order valence-electron chi connectivity index (χ2n) is 7.73. The fraction of sp³-hybridized carbons (Fsp3) is 0.292. The van der Waals surface area contributed by atoms with Gasteiger partial charge in [0.05, 0.1) is 5.69 Å². The minimum atomic E-state index is -0.237. The summed E-state index contributed by atoms with van der Waals surface area (Å²) < 4.78 is 0. The number of benzene rings is 2. The summed E-state index contributed by atoms with van der Waals surface area (Å²) in [5.74, 6) is -0.140. The molecule has 6 heteroatoms. The van der Waals surface area contributed by atoms with Gasteiger partial charge < -0.3 is 10.2 Å². The fourth-order valence-corrected chi connectivity index (χ4v) is 3.97. The van der Waals surface area contributed by atoms with E-state index in [1.54, 1.807) is 4.90 Å². The summed E-state index contributed by atoms with van der Waals surface area (Å²) in [5.41, 5.74) is 3.63. The van der Waals surface area contributed by atoms with E-state index < -0.39 is 0 Å². The first-order valence-corrected chi connectivity index (χ1v) is 10.8. The Morgan fingerprint density at radius 2 is 1.63 bits per heavy atom. The van der Waals surface area contributed by atoms with Crippen molar-refractivity contribution in [3.63, 3.8) is 0 Å². The first-order chi connectivity index (χ1) is 14.3. The maximum absolute atomic E-state index is 13.1. The van der Waals surface area contributed by atoms with Crippen molar-refractivity contribution in [2.24, 2.45) is 5.92 Å². The molecule has 0 spiro atoms. The molecule has 156 valence electrons. The van der Waals surface area contributed by atoms with Crippen LogP contribution in [-0.4, -0.2) is 34.8 Å². The van der Waals surface area contributed by atoms with Crippen LogP contribution in [0.2, 0.25) is 0 Å². The van der Waals surface area contributed by atoms with E-state index in [4.69, 9.17) is 0 Å². The Morgan fingerprint density at radius 1 is 1.00 bits per heavy atom. The van der Waals surface area contributed by atoms with Crippen LogP contribution in [0.25, 0.3) is 11.1 Å². The molecule has 3 rings (SSSR count). The molecule has 0 unspecified atom stereocenters. The van der Waals surface area contributed by atoms with Gasteiger partial charge in [-0.2, -0.15) is 0 Å². The second kappa shape index (κ2) is 9.67. The highest BCUT2D eigenvalue weighted by atomic mass is 32.1. The molecule has 5 nitrogen and oxygen atoms in total. The first kappa shape index (κ1) is 21.7. The number of hydrogen-bond donors (Lipinski definition) is 1. The van der Waals surface area contributed by atoms with Gasteiger partial charge in [-0.3, -0.25) is 9.59 Å². The van der Waals surface area contributed by atoms with Gasteiger partial charge in [0, 0.05) is 17.0 Å². The minimum Gasteiger partial charge on any atom is -0.329 e. The monoisotopic (exact) mass is 421 g/mol. The number of rotatable bonds is 7. The molecule has 1 aromatic heterocycles. The first-order valence-electron chi connectivity index (χ1n) is 10.0. The highest BCUT2D eigenvalue weighted by Crippen LogP contribution is 2.22. The maximum Gasteiger partial charge on any atom is 0.254 e. The molecule has 0 radical (unpaired) electrons. The number of hydrogen-bond acceptors (Lipinski definition) is 4. The zero-order valence-corrected chi connectivity index (χ0v) is 18.6. The van der Waals surface area contributed by atoms with Gasteiger partial charge in [-0.1, -0.05) is 56.3 Å². The molecule has 30 heavy (non-hydrogen) atoms. The molecule has 2 amide bonds. The number of amides is 2. The molecule has 2 aromatic carbocycles. The van der Waals surface area contributed by atoms with Gasteiger partial charge in [-0.25, -0.2) is 4.98 Å². The molecular weight excluding hydrogens is 394 g/mol. The number of carbonyl (C=O) groups excluding carboxylic acids is 2. The van der Waals surface area contributed by atoms with E-state index >= 15 is 0 Å². The fourth-order valence-electron chi connectivity index (χ4n) is 3.14. The van der Waals surface area contributed by atoms with Crippen LogP contribution in [0.5, 0.6) is 0 Å². The van der Waals surface area contributed by atoms with Crippen LogP contribution < -0.4 is 5.32 Å². The van der Waals surface area contributed by atoms with Crippen LogP contribution in [0.4, 0.5) is 5.13 Å². The van der Waals surface area contributed by atoms with E-state index in [1.165, 1.54) is 11.3 Å². The normalized spacial score (nSPS) is 10.8. The molecule has 0 aliphatic carbocycles. The number of anilines is 1. The zero-order chi connectivity index (χ0) is 21.7. The quantitative estimate of drug-likeness (QED) is 0.573. The lowest BCUT2D eigenvalue weighted by molar-refractivity contribution is -0.117. The third kappa shape index (κ3) is 5.54. The van der Waals surface area contributed by atoms with E-state index in [0.717, 1.165) is 21.7 Å². The van der Waals surface area contributed by atoms with Gasteiger partial charge in [0.1, 0.15) is 6.54 Å². The Bertz CT molecular complexity index is 991. The van der Waals surface area contributed by atoms with Crippen molar-refractivity contribution in [1.82, 2.24) is 9.88 Å². The Kier molecular flexibility index (Phi) is 7.00. The van der Waals surface area contributed by atoms with E-state index in [-0.39, 0.29) is 24.3 Å². The number of nitrogens with zero attached hydrogens (tertiary/aromatic N) is 2. The Morgan fingerprint density at radius 3 is 2.20 bits per heavy atom. The van der Waals surface area contributed by atoms with Crippen LogP contribution in [0.1, 0.15) is 34.8 Å². The Hall–Kier alpha value is -2.99. The molecular formula is C24H27N3O2S. The van der Waals surface area contributed by atoms with Crippen molar-refractivity contribution in [1.29, 1.82) is 0 Å². The average molecular weight is 422 g/mol. The predicted octanol–water partition coefficient (Wildman–Crippen LogP) is 5.16. The number of nitrogens with one attached hydrogen (secondary N) is 1. The van der Waals surface area contributed by atoms with Gasteiger partial charge in [0.15, 0.2) is 5.13 Å². The van der Waals surface area contributed by atoms with Gasteiger partial charge in [0.25, 0.3) is 5.91 Å². The molecule has 1 N–H and O–H groups in total. The predicted molar refractivity (Wildman–Crippen MR) is 123 cm³/mol. The van der Waals surface area contributed by atoms with Gasteiger partial charge in [-0.15, -0.1) is 11.3 Å². The van der Waals surface area contributed by atoms with Crippen LogP contribution >= 0.6 is 11.3 Å². The standard InChI is InChI=1S/C24H27N3O2S/c1-16(2)14-27(15-22(28)26-24-25-17(3)18(4)30-24)23(29)21-12-10-20(11-13-21)19-8-6-5-7-9-19/h5-13,16H,14-15H2,1-4H3,(H,25,26,28). The summed E-state index contributed by atoms with van der Waals surface area (Å²) in [6, 6.07) is 17.6. The summed E-state index contributed by atoms with van der Waals surface area (Å²) in [5, 5.41) is 3.39. The molecule has 0 saturated heterocycles. The third-order valence-corrected chi connectivity index (χ3v) is 5.71. The van der Waals surface area contributed by atoms with E-state index in [1.807, 2.05) is 82.3 Å².